The second-order valence-electron chi connectivity index (χ2n) is 4.51. The van der Waals surface area contributed by atoms with Crippen LogP contribution >= 0.6 is 0 Å². The van der Waals surface area contributed by atoms with Crippen molar-refractivity contribution in [1.82, 2.24) is 0 Å². The number of rotatable bonds is 2. The zero-order valence-electron chi connectivity index (χ0n) is 9.90. The third-order valence-corrected chi connectivity index (χ3v) is 3.11. The van der Waals surface area contributed by atoms with Crippen LogP contribution in [0.2, 0.25) is 0 Å². The molecular weight excluding hydrogens is 218 g/mol. The molecule has 0 unspecified atom stereocenters. The molecular formula is C13H14NO3-. The van der Waals surface area contributed by atoms with Crippen molar-refractivity contribution in [2.75, 3.05) is 11.4 Å². The van der Waals surface area contributed by atoms with Gasteiger partial charge in [0, 0.05) is 30.5 Å². The molecule has 0 N–H and O–H groups in total. The average molecular weight is 232 g/mol. The molecule has 1 aromatic rings. The van der Waals surface area contributed by atoms with E-state index in [0.717, 1.165) is 16.8 Å². The smallest absolute Gasteiger partial charge is 0.227 e. The molecule has 1 aliphatic heterocycles. The summed E-state index contributed by atoms with van der Waals surface area (Å²) in [5.74, 6) is -1.98. The Morgan fingerprint density at radius 3 is 2.71 bits per heavy atom. The minimum absolute atomic E-state index is 0.0374. The van der Waals surface area contributed by atoms with Crippen LogP contribution in [0.1, 0.15) is 17.5 Å². The number of anilines is 1. The van der Waals surface area contributed by atoms with Gasteiger partial charge in [-0.2, -0.15) is 0 Å². The first-order valence-corrected chi connectivity index (χ1v) is 5.57. The summed E-state index contributed by atoms with van der Waals surface area (Å²) in [4.78, 5) is 24.1. The number of hydrogen-bond acceptors (Lipinski definition) is 3. The van der Waals surface area contributed by atoms with E-state index in [1.54, 1.807) is 4.90 Å². The van der Waals surface area contributed by atoms with Crippen LogP contribution in [-0.4, -0.2) is 18.4 Å². The highest BCUT2D eigenvalue weighted by Crippen LogP contribution is 2.28. The van der Waals surface area contributed by atoms with Gasteiger partial charge in [0.1, 0.15) is 0 Å². The molecule has 0 spiro atoms. The molecule has 4 heteroatoms. The summed E-state index contributed by atoms with van der Waals surface area (Å²) in [5, 5.41) is 10.8. The first kappa shape index (κ1) is 11.6. The maximum Gasteiger partial charge on any atom is 0.227 e. The van der Waals surface area contributed by atoms with Crippen molar-refractivity contribution in [1.29, 1.82) is 0 Å². The van der Waals surface area contributed by atoms with Gasteiger partial charge in [0.15, 0.2) is 0 Å². The third kappa shape index (κ3) is 2.16. The molecule has 1 fully saturated rings. The molecule has 0 aliphatic carbocycles. The lowest BCUT2D eigenvalue weighted by Gasteiger charge is -2.20. The fourth-order valence-corrected chi connectivity index (χ4v) is 2.11. The fourth-order valence-electron chi connectivity index (χ4n) is 2.11. The van der Waals surface area contributed by atoms with Crippen LogP contribution in [-0.2, 0) is 9.59 Å². The summed E-state index contributed by atoms with van der Waals surface area (Å²) in [6.07, 6.45) is 0.0374. The molecule has 1 atom stereocenters. The normalized spacial score (nSPS) is 19.8. The molecule has 4 nitrogen and oxygen atoms in total. The number of carbonyl (C=O) groups excluding carboxylic acids is 2. The Bertz CT molecular complexity index is 482. The lowest BCUT2D eigenvalue weighted by atomic mass is 10.1. The van der Waals surface area contributed by atoms with Gasteiger partial charge in [-0.05, 0) is 31.0 Å². The lowest BCUT2D eigenvalue weighted by Crippen LogP contribution is -2.33. The maximum atomic E-state index is 11.8. The van der Waals surface area contributed by atoms with E-state index >= 15 is 0 Å². The summed E-state index contributed by atoms with van der Waals surface area (Å²) < 4.78 is 0. The molecule has 0 radical (unpaired) electrons. The minimum Gasteiger partial charge on any atom is -0.550 e. The van der Waals surface area contributed by atoms with Gasteiger partial charge >= 0.3 is 0 Å². The number of carboxylic acid groups (broad SMARTS) is 1. The minimum atomic E-state index is -1.15. The molecule has 0 aromatic heterocycles. The van der Waals surface area contributed by atoms with Gasteiger partial charge in [-0.1, -0.05) is 12.1 Å². The van der Waals surface area contributed by atoms with Crippen molar-refractivity contribution >= 4 is 17.6 Å². The second kappa shape index (κ2) is 4.20. The molecule has 1 amide bonds. The molecule has 1 heterocycles. The molecule has 1 aliphatic rings. The first-order valence-electron chi connectivity index (χ1n) is 5.57. The summed E-state index contributed by atoms with van der Waals surface area (Å²) in [5.41, 5.74) is 2.83. The fraction of sp³-hybridized carbons (Fsp3) is 0.385. The van der Waals surface area contributed by atoms with E-state index in [2.05, 4.69) is 0 Å². The molecule has 2 rings (SSSR count). The summed E-state index contributed by atoms with van der Waals surface area (Å²) in [6, 6.07) is 5.81. The van der Waals surface area contributed by atoms with E-state index in [9.17, 15) is 14.7 Å². The Hall–Kier alpha value is -1.84. The Labute approximate surface area is 99.9 Å². The number of benzene rings is 1. The number of carbonyl (C=O) groups is 2. The Morgan fingerprint density at radius 2 is 2.12 bits per heavy atom. The summed E-state index contributed by atoms with van der Waals surface area (Å²) in [6.45, 7) is 4.07. The number of aryl methyl sites for hydroxylation is 2. The topological polar surface area (TPSA) is 60.4 Å². The highest BCUT2D eigenvalue weighted by atomic mass is 16.4. The van der Waals surface area contributed by atoms with Gasteiger partial charge in [0.25, 0.3) is 0 Å². The van der Waals surface area contributed by atoms with Crippen molar-refractivity contribution in [2.45, 2.75) is 20.3 Å². The monoisotopic (exact) mass is 232 g/mol. The van der Waals surface area contributed by atoms with Crippen molar-refractivity contribution in [3.8, 4) is 0 Å². The van der Waals surface area contributed by atoms with E-state index in [-0.39, 0.29) is 18.9 Å². The first-order chi connectivity index (χ1) is 7.99. The number of hydrogen-bond donors (Lipinski definition) is 0. The van der Waals surface area contributed by atoms with Crippen LogP contribution in [0.5, 0.6) is 0 Å². The van der Waals surface area contributed by atoms with Crippen LogP contribution in [0, 0.1) is 19.8 Å². The lowest BCUT2D eigenvalue weighted by molar-refractivity contribution is -0.310. The molecule has 17 heavy (non-hydrogen) atoms. The van der Waals surface area contributed by atoms with Crippen LogP contribution in [0.4, 0.5) is 5.69 Å². The predicted molar refractivity (Wildman–Crippen MR) is 61.4 cm³/mol. The molecule has 1 aromatic carbocycles. The van der Waals surface area contributed by atoms with Gasteiger partial charge in [-0.15, -0.1) is 0 Å². The van der Waals surface area contributed by atoms with E-state index in [4.69, 9.17) is 0 Å². The SMILES string of the molecule is Cc1ccc(C)c(N2C[C@H](C(=O)[O-])CC2=O)c1. The summed E-state index contributed by atoms with van der Waals surface area (Å²) in [7, 11) is 0. The second-order valence-corrected chi connectivity index (χ2v) is 4.51. The van der Waals surface area contributed by atoms with E-state index in [1.165, 1.54) is 0 Å². The Kier molecular flexibility index (Phi) is 2.88. The van der Waals surface area contributed by atoms with Crippen molar-refractivity contribution < 1.29 is 14.7 Å². The van der Waals surface area contributed by atoms with Gasteiger partial charge in [0.05, 0.1) is 0 Å². The van der Waals surface area contributed by atoms with Crippen molar-refractivity contribution in [3.63, 3.8) is 0 Å². The Balaban J connectivity index is 2.32. The van der Waals surface area contributed by atoms with Gasteiger partial charge in [-0.3, -0.25) is 4.79 Å². The number of carboxylic acids is 1. The van der Waals surface area contributed by atoms with Crippen molar-refractivity contribution in [3.05, 3.63) is 29.3 Å². The number of nitrogens with zero attached hydrogens (tertiary/aromatic N) is 1. The maximum absolute atomic E-state index is 11.8. The summed E-state index contributed by atoms with van der Waals surface area (Å²) >= 11 is 0. The Morgan fingerprint density at radius 1 is 1.41 bits per heavy atom. The largest absolute Gasteiger partial charge is 0.550 e. The zero-order valence-corrected chi connectivity index (χ0v) is 9.90. The van der Waals surface area contributed by atoms with E-state index in [0.29, 0.717) is 0 Å². The average Bonchev–Trinajstić information content (AvgIpc) is 2.64. The molecule has 90 valence electrons. The molecule has 0 saturated carbocycles. The number of amides is 1. The van der Waals surface area contributed by atoms with Gasteiger partial charge in [-0.25, -0.2) is 0 Å². The standard InChI is InChI=1S/C13H15NO3/c1-8-3-4-9(2)11(5-8)14-7-10(13(16)17)6-12(14)15/h3-5,10H,6-7H2,1-2H3,(H,16,17)/p-1/t10-/m1/s1. The molecule has 0 bridgehead atoms. The van der Waals surface area contributed by atoms with E-state index in [1.807, 2.05) is 32.0 Å². The highest BCUT2D eigenvalue weighted by molar-refractivity contribution is 5.99. The van der Waals surface area contributed by atoms with Gasteiger partial charge in [0.2, 0.25) is 5.91 Å². The van der Waals surface area contributed by atoms with Crippen molar-refractivity contribution in [2.24, 2.45) is 5.92 Å². The molecule has 1 saturated heterocycles. The quantitative estimate of drug-likeness (QED) is 0.741. The van der Waals surface area contributed by atoms with Crippen LogP contribution < -0.4 is 10.0 Å². The highest BCUT2D eigenvalue weighted by Gasteiger charge is 2.31. The van der Waals surface area contributed by atoms with Gasteiger partial charge < -0.3 is 14.8 Å². The van der Waals surface area contributed by atoms with Crippen LogP contribution in [0.25, 0.3) is 0 Å². The predicted octanol–water partition coefficient (Wildman–Crippen LogP) is 0.406. The third-order valence-electron chi connectivity index (χ3n) is 3.11. The number of aliphatic carboxylic acids is 1. The van der Waals surface area contributed by atoms with E-state index < -0.39 is 11.9 Å². The van der Waals surface area contributed by atoms with Crippen LogP contribution in [0.3, 0.4) is 0 Å². The van der Waals surface area contributed by atoms with Crippen LogP contribution in [0.15, 0.2) is 18.2 Å². The zero-order chi connectivity index (χ0) is 12.6.